The van der Waals surface area contributed by atoms with E-state index in [0.717, 1.165) is 9.21 Å². The number of ether oxygens (including phenoxy) is 2. The molecule has 9 nitrogen and oxygen atoms in total. The lowest BCUT2D eigenvalue weighted by Gasteiger charge is -2.15. The average molecular weight is 495 g/mol. The molecule has 4 rings (SSSR count). The van der Waals surface area contributed by atoms with Crippen LogP contribution in [-0.4, -0.2) is 57.8 Å². The molecule has 180 valence electrons. The number of benzene rings is 3. The molecule has 0 aromatic heterocycles. The van der Waals surface area contributed by atoms with Gasteiger partial charge in [0, 0.05) is 14.1 Å². The largest absolute Gasteiger partial charge is 0.490 e. The quantitative estimate of drug-likeness (QED) is 0.269. The number of imide groups is 1. The zero-order valence-corrected chi connectivity index (χ0v) is 19.8. The molecule has 3 aromatic rings. The van der Waals surface area contributed by atoms with Gasteiger partial charge in [-0.3, -0.25) is 9.59 Å². The molecule has 35 heavy (non-hydrogen) atoms. The third-order valence-corrected chi connectivity index (χ3v) is 7.15. The molecule has 3 aromatic carbocycles. The number of carbonyl (C=O) groups is 3. The van der Waals surface area contributed by atoms with Gasteiger partial charge in [0.15, 0.2) is 0 Å². The Bertz CT molecular complexity index is 1360. The van der Waals surface area contributed by atoms with Crippen molar-refractivity contribution in [2.24, 2.45) is 0 Å². The Balaban J connectivity index is 1.34. The van der Waals surface area contributed by atoms with Crippen molar-refractivity contribution in [3.05, 3.63) is 89.5 Å². The van der Waals surface area contributed by atoms with Crippen LogP contribution >= 0.6 is 0 Å². The number of fused-ring (bicyclic) bond motifs is 1. The van der Waals surface area contributed by atoms with Crippen LogP contribution in [0, 0.1) is 0 Å². The van der Waals surface area contributed by atoms with Gasteiger partial charge >= 0.3 is 5.97 Å². The lowest BCUT2D eigenvalue weighted by molar-refractivity contribution is 0.0450. The fourth-order valence-corrected chi connectivity index (χ4v) is 4.39. The van der Waals surface area contributed by atoms with Gasteiger partial charge in [0.1, 0.15) is 19.0 Å². The van der Waals surface area contributed by atoms with Crippen LogP contribution in [0.25, 0.3) is 0 Å². The summed E-state index contributed by atoms with van der Waals surface area (Å²) in [4.78, 5) is 39.0. The van der Waals surface area contributed by atoms with Crippen LogP contribution in [0.15, 0.2) is 77.7 Å². The van der Waals surface area contributed by atoms with Crippen LogP contribution in [0.5, 0.6) is 5.75 Å². The second-order valence-electron chi connectivity index (χ2n) is 7.78. The van der Waals surface area contributed by atoms with E-state index >= 15 is 0 Å². The van der Waals surface area contributed by atoms with E-state index in [9.17, 15) is 22.8 Å². The van der Waals surface area contributed by atoms with Crippen molar-refractivity contribution in [2.75, 3.05) is 32.2 Å². The van der Waals surface area contributed by atoms with Gasteiger partial charge in [0.05, 0.1) is 27.3 Å². The Morgan fingerprint density at radius 2 is 1.49 bits per heavy atom. The first-order chi connectivity index (χ1) is 16.7. The summed E-state index contributed by atoms with van der Waals surface area (Å²) in [5.74, 6) is -1.12. The normalized spacial score (nSPS) is 13.2. The van der Waals surface area contributed by atoms with Crippen molar-refractivity contribution >= 4 is 33.5 Å². The SMILES string of the molecule is CN(C)S(=O)(=O)c1ccc(OCCOC(=O)c2cccc(N3C(=O)c4ccccc4C3=O)c2)cc1. The average Bonchev–Trinajstić information content (AvgIpc) is 3.12. The third-order valence-electron chi connectivity index (χ3n) is 5.32. The first-order valence-electron chi connectivity index (χ1n) is 10.6. The summed E-state index contributed by atoms with van der Waals surface area (Å²) in [6.45, 7) is -0.0164. The molecule has 0 saturated carbocycles. The molecule has 0 fully saturated rings. The van der Waals surface area contributed by atoms with Gasteiger partial charge in [-0.25, -0.2) is 22.4 Å². The second-order valence-corrected chi connectivity index (χ2v) is 9.94. The highest BCUT2D eigenvalue weighted by atomic mass is 32.2. The van der Waals surface area contributed by atoms with Crippen LogP contribution < -0.4 is 9.64 Å². The third kappa shape index (κ3) is 4.79. The van der Waals surface area contributed by atoms with E-state index in [-0.39, 0.29) is 29.4 Å². The number of anilines is 1. The monoisotopic (exact) mass is 494 g/mol. The lowest BCUT2D eigenvalue weighted by atomic mass is 10.1. The van der Waals surface area contributed by atoms with Gasteiger partial charge in [-0.05, 0) is 54.6 Å². The van der Waals surface area contributed by atoms with Crippen LogP contribution in [0.2, 0.25) is 0 Å². The highest BCUT2D eigenvalue weighted by Gasteiger charge is 2.36. The van der Waals surface area contributed by atoms with Crippen molar-refractivity contribution in [1.29, 1.82) is 0 Å². The molecule has 0 unspecified atom stereocenters. The summed E-state index contributed by atoms with van der Waals surface area (Å²) in [5, 5.41) is 0. The molecule has 0 aliphatic carbocycles. The van der Waals surface area contributed by atoms with Crippen molar-refractivity contribution in [2.45, 2.75) is 4.90 Å². The first kappa shape index (κ1) is 24.1. The van der Waals surface area contributed by atoms with E-state index in [1.807, 2.05) is 0 Å². The number of carbonyl (C=O) groups excluding carboxylic acids is 3. The van der Waals surface area contributed by atoms with Gasteiger partial charge in [0.25, 0.3) is 11.8 Å². The molecule has 0 atom stereocenters. The molecule has 1 aliphatic rings. The number of sulfonamides is 1. The minimum absolute atomic E-state index is 0.0453. The van der Waals surface area contributed by atoms with Gasteiger partial charge in [-0.15, -0.1) is 0 Å². The minimum atomic E-state index is -3.53. The Morgan fingerprint density at radius 3 is 2.09 bits per heavy atom. The topological polar surface area (TPSA) is 110 Å². The maximum absolute atomic E-state index is 12.7. The summed E-state index contributed by atoms with van der Waals surface area (Å²) in [7, 11) is -0.634. The van der Waals surface area contributed by atoms with Crippen molar-refractivity contribution in [3.8, 4) is 5.75 Å². The number of amides is 2. The molecule has 0 bridgehead atoms. The molecular weight excluding hydrogens is 472 g/mol. The van der Waals surface area contributed by atoms with E-state index in [1.165, 1.54) is 50.5 Å². The summed E-state index contributed by atoms with van der Waals surface area (Å²) < 4.78 is 36.1. The van der Waals surface area contributed by atoms with E-state index in [1.54, 1.807) is 36.4 Å². The van der Waals surface area contributed by atoms with Gasteiger partial charge in [0.2, 0.25) is 10.0 Å². The second kappa shape index (κ2) is 9.69. The molecule has 10 heteroatoms. The molecular formula is C25H22N2O7S. The van der Waals surface area contributed by atoms with Crippen LogP contribution in [0.4, 0.5) is 5.69 Å². The maximum atomic E-state index is 12.7. The Labute approximate surface area is 202 Å². The van der Waals surface area contributed by atoms with Crippen LogP contribution in [0.1, 0.15) is 31.1 Å². The summed E-state index contributed by atoms with van der Waals surface area (Å²) in [6, 6.07) is 18.5. The molecule has 0 saturated heterocycles. The summed E-state index contributed by atoms with van der Waals surface area (Å²) in [6.07, 6.45) is 0. The molecule has 0 N–H and O–H groups in total. The van der Waals surface area contributed by atoms with E-state index in [2.05, 4.69) is 0 Å². The van der Waals surface area contributed by atoms with Crippen molar-refractivity contribution in [1.82, 2.24) is 4.31 Å². The molecule has 0 radical (unpaired) electrons. The predicted molar refractivity (Wildman–Crippen MR) is 127 cm³/mol. The molecule has 1 heterocycles. The zero-order chi connectivity index (χ0) is 25.2. The number of nitrogens with zero attached hydrogens (tertiary/aromatic N) is 2. The lowest BCUT2D eigenvalue weighted by Crippen LogP contribution is -2.29. The van der Waals surface area contributed by atoms with Gasteiger partial charge < -0.3 is 9.47 Å². The fraction of sp³-hybridized carbons (Fsp3) is 0.160. The number of hydrogen-bond acceptors (Lipinski definition) is 7. The Kier molecular flexibility index (Phi) is 6.68. The Morgan fingerprint density at radius 1 is 0.857 bits per heavy atom. The molecule has 1 aliphatic heterocycles. The number of esters is 1. The van der Waals surface area contributed by atoms with E-state index in [0.29, 0.717) is 16.9 Å². The zero-order valence-electron chi connectivity index (χ0n) is 19.0. The van der Waals surface area contributed by atoms with Crippen molar-refractivity contribution < 1.29 is 32.3 Å². The first-order valence-corrected chi connectivity index (χ1v) is 12.0. The molecule has 2 amide bonds. The standard InChI is InChI=1S/C25H22N2O7S/c1-26(2)35(31,32)20-12-10-19(11-13-20)33-14-15-34-25(30)17-6-5-7-18(16-17)27-23(28)21-8-3-4-9-22(21)24(27)29/h3-13,16H,14-15H2,1-2H3. The molecule has 0 spiro atoms. The minimum Gasteiger partial charge on any atom is -0.490 e. The highest BCUT2D eigenvalue weighted by molar-refractivity contribution is 7.89. The van der Waals surface area contributed by atoms with E-state index in [4.69, 9.17) is 9.47 Å². The number of hydrogen-bond donors (Lipinski definition) is 0. The van der Waals surface area contributed by atoms with Crippen LogP contribution in [-0.2, 0) is 14.8 Å². The fourth-order valence-electron chi connectivity index (χ4n) is 3.49. The summed E-state index contributed by atoms with van der Waals surface area (Å²) >= 11 is 0. The Hall–Kier alpha value is -4.02. The van der Waals surface area contributed by atoms with Crippen LogP contribution in [0.3, 0.4) is 0 Å². The predicted octanol–water partition coefficient (Wildman–Crippen LogP) is 2.97. The highest BCUT2D eigenvalue weighted by Crippen LogP contribution is 2.29. The smallest absolute Gasteiger partial charge is 0.338 e. The van der Waals surface area contributed by atoms with Gasteiger partial charge in [-0.2, -0.15) is 0 Å². The number of rotatable bonds is 8. The van der Waals surface area contributed by atoms with Crippen molar-refractivity contribution in [3.63, 3.8) is 0 Å². The van der Waals surface area contributed by atoms with E-state index < -0.39 is 27.8 Å². The summed E-state index contributed by atoms with van der Waals surface area (Å²) in [5.41, 5.74) is 1.08. The maximum Gasteiger partial charge on any atom is 0.338 e. The van der Waals surface area contributed by atoms with Gasteiger partial charge in [-0.1, -0.05) is 18.2 Å².